The van der Waals surface area contributed by atoms with E-state index < -0.39 is 60.3 Å². The average Bonchev–Trinajstić information content (AvgIpc) is 3.17. The zero-order valence-electron chi connectivity index (χ0n) is 19.7. The van der Waals surface area contributed by atoms with Crippen LogP contribution in [0.25, 0.3) is 11.1 Å². The Balaban J connectivity index is 1.71. The van der Waals surface area contributed by atoms with Crippen molar-refractivity contribution in [2.45, 2.75) is 0 Å². The summed E-state index contributed by atoms with van der Waals surface area (Å²) < 4.78 is 20.5. The highest BCUT2D eigenvalue weighted by Gasteiger charge is 2.41. The Kier molecular flexibility index (Phi) is 9.44. The summed E-state index contributed by atoms with van der Waals surface area (Å²) in [7, 11) is 0. The molecule has 3 rings (SSSR count). The van der Waals surface area contributed by atoms with Gasteiger partial charge in [0, 0.05) is 23.3 Å². The molecule has 1 N–H and O–H groups in total. The summed E-state index contributed by atoms with van der Waals surface area (Å²) in [5, 5.41) is 43.1. The number of aliphatic hydroxyl groups is 1. The zero-order valence-corrected chi connectivity index (χ0v) is 19.7. The number of nitro groups is 3. The van der Waals surface area contributed by atoms with E-state index in [0.29, 0.717) is 19.3 Å². The lowest BCUT2D eigenvalue weighted by Gasteiger charge is -2.09. The first-order chi connectivity index (χ1) is 18.2. The van der Waals surface area contributed by atoms with E-state index in [-0.39, 0.29) is 50.8 Å². The lowest BCUT2D eigenvalue weighted by molar-refractivity contribution is -0.394. The fourth-order valence-electron chi connectivity index (χ4n) is 3.66. The molecule has 0 radical (unpaired) electrons. The summed E-state index contributed by atoms with van der Waals surface area (Å²) in [5.41, 5.74) is -4.39. The van der Waals surface area contributed by atoms with Gasteiger partial charge < -0.3 is 24.1 Å². The first-order valence-corrected chi connectivity index (χ1v) is 11.0. The van der Waals surface area contributed by atoms with E-state index in [1.807, 2.05) is 0 Å². The molecule has 1 aliphatic rings. The predicted octanol–water partition coefficient (Wildman–Crippen LogP) is 1.82. The maximum atomic E-state index is 13.0. The van der Waals surface area contributed by atoms with Crippen LogP contribution in [0.4, 0.5) is 17.1 Å². The number of hydrogen-bond acceptors (Lipinski definition) is 13. The third-order valence-corrected chi connectivity index (χ3v) is 5.24. The number of fused-ring (bicyclic) bond motifs is 3. The third-order valence-electron chi connectivity index (χ3n) is 5.24. The van der Waals surface area contributed by atoms with Gasteiger partial charge in [-0.1, -0.05) is 0 Å². The zero-order chi connectivity index (χ0) is 27.8. The number of carbonyl (C=O) groups is 2. The Morgan fingerprint density at radius 1 is 0.711 bits per heavy atom. The van der Waals surface area contributed by atoms with Crippen LogP contribution in [-0.2, 0) is 18.9 Å². The minimum absolute atomic E-state index is 0.0244. The smallest absolute Gasteiger partial charge is 0.338 e. The van der Waals surface area contributed by atoms with Crippen LogP contribution in [0.15, 0.2) is 24.3 Å². The van der Waals surface area contributed by atoms with Crippen molar-refractivity contribution in [2.75, 3.05) is 52.9 Å². The number of aliphatic hydroxyl groups excluding tert-OH is 1. The maximum Gasteiger partial charge on any atom is 0.338 e. The van der Waals surface area contributed by atoms with Gasteiger partial charge in [-0.2, -0.15) is 0 Å². The highest BCUT2D eigenvalue weighted by atomic mass is 16.6. The number of non-ortho nitro benzene ring substituents is 1. The molecule has 1 aliphatic carbocycles. The summed E-state index contributed by atoms with van der Waals surface area (Å²) in [6, 6.07) is 3.23. The summed E-state index contributed by atoms with van der Waals surface area (Å²) in [6.45, 7) is 0.899. The molecule has 16 heteroatoms. The van der Waals surface area contributed by atoms with Crippen molar-refractivity contribution in [3.8, 4) is 11.1 Å². The maximum absolute atomic E-state index is 13.0. The Morgan fingerprint density at radius 3 is 1.74 bits per heavy atom. The van der Waals surface area contributed by atoms with Crippen LogP contribution >= 0.6 is 0 Å². The molecule has 2 aromatic carbocycles. The quantitative estimate of drug-likeness (QED) is 0.127. The fourth-order valence-corrected chi connectivity index (χ4v) is 3.66. The molecular weight excluding hydrogens is 514 g/mol. The molecule has 0 aliphatic heterocycles. The van der Waals surface area contributed by atoms with Crippen LogP contribution in [0.3, 0.4) is 0 Å². The molecular formula is C22H21N3O13. The number of ketones is 1. The predicted molar refractivity (Wildman–Crippen MR) is 125 cm³/mol. The number of esters is 1. The van der Waals surface area contributed by atoms with E-state index in [2.05, 4.69) is 0 Å². The molecule has 16 nitrogen and oxygen atoms in total. The van der Waals surface area contributed by atoms with Gasteiger partial charge in [-0.25, -0.2) is 4.79 Å². The van der Waals surface area contributed by atoms with Gasteiger partial charge in [-0.05, 0) is 6.07 Å². The van der Waals surface area contributed by atoms with E-state index in [9.17, 15) is 39.9 Å². The molecule has 0 heterocycles. The molecule has 0 fully saturated rings. The molecule has 0 saturated carbocycles. The van der Waals surface area contributed by atoms with Crippen molar-refractivity contribution in [3.63, 3.8) is 0 Å². The van der Waals surface area contributed by atoms with E-state index in [1.165, 1.54) is 0 Å². The molecule has 38 heavy (non-hydrogen) atoms. The highest BCUT2D eigenvalue weighted by Crippen LogP contribution is 2.48. The molecule has 0 unspecified atom stereocenters. The largest absolute Gasteiger partial charge is 0.460 e. The van der Waals surface area contributed by atoms with Crippen LogP contribution in [0.1, 0.15) is 26.3 Å². The number of hydrogen-bond donors (Lipinski definition) is 1. The molecule has 2 aromatic rings. The Bertz CT molecular complexity index is 1280. The van der Waals surface area contributed by atoms with Crippen molar-refractivity contribution in [2.24, 2.45) is 0 Å². The van der Waals surface area contributed by atoms with Gasteiger partial charge in [0.05, 0.1) is 83.8 Å². The molecule has 0 amide bonds. The molecule has 0 saturated heterocycles. The number of nitro benzene ring substituents is 3. The van der Waals surface area contributed by atoms with Crippen LogP contribution in [0, 0.1) is 30.3 Å². The number of rotatable bonds is 15. The van der Waals surface area contributed by atoms with Gasteiger partial charge in [-0.15, -0.1) is 0 Å². The van der Waals surface area contributed by atoms with Gasteiger partial charge in [0.25, 0.3) is 17.1 Å². The summed E-state index contributed by atoms with van der Waals surface area (Å²) in [4.78, 5) is 57.2. The molecule has 0 bridgehead atoms. The number of benzene rings is 2. The Morgan fingerprint density at radius 2 is 1.21 bits per heavy atom. The van der Waals surface area contributed by atoms with E-state index in [1.54, 1.807) is 0 Å². The number of carbonyl (C=O) groups excluding carboxylic acids is 2. The third kappa shape index (κ3) is 6.30. The van der Waals surface area contributed by atoms with Gasteiger partial charge >= 0.3 is 5.97 Å². The standard InChI is InChI=1S/C22H21N3O13/c26-1-2-35-3-4-36-5-6-37-7-8-38-22(28)13-9-15-19(17(10-13)24(31)32)20-16(21(15)27)11-14(23(29)30)12-18(20)25(33)34/h9-12,26H,1-8H2. The van der Waals surface area contributed by atoms with Crippen molar-refractivity contribution in [1.82, 2.24) is 0 Å². The SMILES string of the molecule is O=C(OCCOCCOCCOCCO)c1cc2c(c([N+](=O)[O-])c1)-c1c(cc([N+](=O)[O-])cc1[N+](=O)[O-])C2=O. The molecule has 0 spiro atoms. The highest BCUT2D eigenvalue weighted by molar-refractivity contribution is 6.25. The topological polar surface area (TPSA) is 221 Å². The molecule has 0 atom stereocenters. The Hall–Kier alpha value is -4.38. The van der Waals surface area contributed by atoms with Gasteiger partial charge in [-0.3, -0.25) is 35.1 Å². The second kappa shape index (κ2) is 12.7. The number of nitrogens with zero attached hydrogens (tertiary/aromatic N) is 3. The van der Waals surface area contributed by atoms with Crippen LogP contribution < -0.4 is 0 Å². The second-order valence-corrected chi connectivity index (χ2v) is 7.60. The second-order valence-electron chi connectivity index (χ2n) is 7.60. The van der Waals surface area contributed by atoms with Crippen molar-refractivity contribution in [3.05, 3.63) is 71.3 Å². The van der Waals surface area contributed by atoms with Gasteiger partial charge in [0.2, 0.25) is 0 Å². The minimum Gasteiger partial charge on any atom is -0.460 e. The fraction of sp³-hybridized carbons (Fsp3) is 0.364. The van der Waals surface area contributed by atoms with E-state index in [0.717, 1.165) is 18.2 Å². The normalized spacial score (nSPS) is 11.7. The van der Waals surface area contributed by atoms with Gasteiger partial charge in [0.1, 0.15) is 6.61 Å². The van der Waals surface area contributed by atoms with Crippen molar-refractivity contribution >= 4 is 28.8 Å². The summed E-state index contributed by atoms with van der Waals surface area (Å²) in [5.74, 6) is -1.95. The van der Waals surface area contributed by atoms with Crippen LogP contribution in [0.2, 0.25) is 0 Å². The number of ether oxygens (including phenoxy) is 4. The summed E-state index contributed by atoms with van der Waals surface area (Å²) in [6.07, 6.45) is 0. The average molecular weight is 535 g/mol. The minimum atomic E-state index is -1.01. The monoisotopic (exact) mass is 535 g/mol. The summed E-state index contributed by atoms with van der Waals surface area (Å²) >= 11 is 0. The molecule has 0 aromatic heterocycles. The first kappa shape index (κ1) is 28.2. The van der Waals surface area contributed by atoms with E-state index in [4.69, 9.17) is 24.1 Å². The van der Waals surface area contributed by atoms with Crippen molar-refractivity contribution in [1.29, 1.82) is 0 Å². The van der Waals surface area contributed by atoms with E-state index >= 15 is 0 Å². The lowest BCUT2D eigenvalue weighted by Crippen LogP contribution is -2.15. The Labute approximate surface area is 213 Å². The lowest BCUT2D eigenvalue weighted by atomic mass is 9.99. The van der Waals surface area contributed by atoms with Crippen molar-refractivity contribution < 1.29 is 48.4 Å². The molecule has 202 valence electrons. The van der Waals surface area contributed by atoms with Gasteiger partial charge in [0.15, 0.2) is 5.78 Å². The first-order valence-electron chi connectivity index (χ1n) is 11.0. The van der Waals surface area contributed by atoms with Crippen LogP contribution in [0.5, 0.6) is 0 Å². The van der Waals surface area contributed by atoms with Crippen LogP contribution in [-0.4, -0.2) is 84.5 Å².